The van der Waals surface area contributed by atoms with Crippen molar-refractivity contribution in [3.8, 4) is 0 Å². The number of halogens is 1. The van der Waals surface area contributed by atoms with Gasteiger partial charge in [0.2, 0.25) is 0 Å². The molecule has 0 radical (unpaired) electrons. The van der Waals surface area contributed by atoms with E-state index in [2.05, 4.69) is 10.2 Å². The van der Waals surface area contributed by atoms with Crippen LogP contribution in [0.2, 0.25) is 0 Å². The Hall–Kier alpha value is -1.16. The first kappa shape index (κ1) is 14.3. The molecular weight excluding hydrogens is 262 g/mol. The lowest BCUT2D eigenvalue weighted by atomic mass is 9.95. The minimum atomic E-state index is 0.0785. The summed E-state index contributed by atoms with van der Waals surface area (Å²) in [4.78, 5) is 14.5. The third-order valence-corrected chi connectivity index (χ3v) is 3.87. The van der Waals surface area contributed by atoms with Crippen molar-refractivity contribution >= 4 is 17.5 Å². The molecule has 19 heavy (non-hydrogen) atoms. The molecule has 0 bridgehead atoms. The lowest BCUT2D eigenvalue weighted by Gasteiger charge is -2.32. The maximum absolute atomic E-state index is 12.5. The maximum atomic E-state index is 12.5. The molecule has 2 heterocycles. The molecule has 1 unspecified atom stereocenters. The van der Waals surface area contributed by atoms with Crippen LogP contribution in [0.15, 0.2) is 6.07 Å². The van der Waals surface area contributed by atoms with Gasteiger partial charge in [-0.15, -0.1) is 11.6 Å². The number of hydrogen-bond donors (Lipinski definition) is 0. The van der Waals surface area contributed by atoms with Crippen molar-refractivity contribution in [2.75, 3.05) is 19.0 Å². The smallest absolute Gasteiger partial charge is 0.255 e. The Bertz CT molecular complexity index is 462. The normalized spacial score (nSPS) is 19.5. The minimum Gasteiger partial charge on any atom is -0.338 e. The zero-order chi connectivity index (χ0) is 13.8. The highest BCUT2D eigenvalue weighted by atomic mass is 35.5. The van der Waals surface area contributed by atoms with E-state index in [1.807, 2.05) is 24.8 Å². The second kappa shape index (κ2) is 6.33. The molecule has 1 amide bonds. The Labute approximate surface area is 119 Å². The highest BCUT2D eigenvalue weighted by Crippen LogP contribution is 2.22. The van der Waals surface area contributed by atoms with Crippen LogP contribution in [-0.2, 0) is 0 Å². The van der Waals surface area contributed by atoms with Gasteiger partial charge in [0.15, 0.2) is 0 Å². The fourth-order valence-electron chi connectivity index (χ4n) is 2.58. The fraction of sp³-hybridized carbons (Fsp3) is 0.643. The zero-order valence-electron chi connectivity index (χ0n) is 11.5. The number of aryl methyl sites for hydroxylation is 2. The second-order valence-corrected chi connectivity index (χ2v) is 5.60. The van der Waals surface area contributed by atoms with Crippen LogP contribution in [0.5, 0.6) is 0 Å². The van der Waals surface area contributed by atoms with Gasteiger partial charge in [-0.1, -0.05) is 0 Å². The van der Waals surface area contributed by atoms with E-state index in [1.54, 1.807) is 0 Å². The SMILES string of the molecule is Cc1cc(C(=O)N2CCCC(CCCl)C2)c(C)nn1. The average molecular weight is 282 g/mol. The number of carbonyl (C=O) groups is 1. The summed E-state index contributed by atoms with van der Waals surface area (Å²) in [6, 6.07) is 1.83. The van der Waals surface area contributed by atoms with Gasteiger partial charge < -0.3 is 4.90 Å². The molecule has 0 saturated carbocycles. The lowest BCUT2D eigenvalue weighted by molar-refractivity contribution is 0.0670. The monoisotopic (exact) mass is 281 g/mol. The van der Waals surface area contributed by atoms with Crippen LogP contribution in [0.3, 0.4) is 0 Å². The number of aromatic nitrogens is 2. The number of rotatable bonds is 3. The first-order chi connectivity index (χ1) is 9.11. The molecule has 1 aliphatic rings. The number of amides is 1. The van der Waals surface area contributed by atoms with Gasteiger partial charge in [0.25, 0.3) is 5.91 Å². The fourth-order valence-corrected chi connectivity index (χ4v) is 2.88. The van der Waals surface area contributed by atoms with Crippen LogP contribution in [-0.4, -0.2) is 40.0 Å². The van der Waals surface area contributed by atoms with Gasteiger partial charge in [0, 0.05) is 19.0 Å². The topological polar surface area (TPSA) is 46.1 Å². The average Bonchev–Trinajstić information content (AvgIpc) is 2.41. The standard InChI is InChI=1S/C14H20ClN3O/c1-10-8-13(11(2)17-16-10)14(19)18-7-3-4-12(9-18)5-6-15/h8,12H,3-7,9H2,1-2H3. The van der Waals surface area contributed by atoms with Gasteiger partial charge in [0.1, 0.15) is 0 Å². The van der Waals surface area contributed by atoms with Gasteiger partial charge >= 0.3 is 0 Å². The molecule has 1 aromatic heterocycles. The number of nitrogens with zero attached hydrogens (tertiary/aromatic N) is 3. The Morgan fingerprint density at radius 1 is 1.47 bits per heavy atom. The highest BCUT2D eigenvalue weighted by Gasteiger charge is 2.25. The van der Waals surface area contributed by atoms with Crippen molar-refractivity contribution in [3.05, 3.63) is 23.0 Å². The summed E-state index contributed by atoms with van der Waals surface area (Å²) >= 11 is 5.80. The zero-order valence-corrected chi connectivity index (χ0v) is 12.3. The summed E-state index contributed by atoms with van der Waals surface area (Å²) in [5, 5.41) is 8.00. The number of hydrogen-bond acceptors (Lipinski definition) is 3. The summed E-state index contributed by atoms with van der Waals surface area (Å²) in [6.45, 7) is 5.33. The quantitative estimate of drug-likeness (QED) is 0.800. The summed E-state index contributed by atoms with van der Waals surface area (Å²) in [6.07, 6.45) is 3.21. The number of alkyl halides is 1. The molecule has 1 atom stereocenters. The van der Waals surface area contributed by atoms with E-state index in [-0.39, 0.29) is 5.91 Å². The van der Waals surface area contributed by atoms with Crippen LogP contribution in [0, 0.1) is 19.8 Å². The van der Waals surface area contributed by atoms with Gasteiger partial charge in [-0.05, 0) is 45.1 Å². The maximum Gasteiger partial charge on any atom is 0.255 e. The molecule has 5 heteroatoms. The Kier molecular flexibility index (Phi) is 4.75. The molecule has 0 N–H and O–H groups in total. The Morgan fingerprint density at radius 3 is 3.00 bits per heavy atom. The van der Waals surface area contributed by atoms with Crippen molar-refractivity contribution in [3.63, 3.8) is 0 Å². The predicted octanol–water partition coefficient (Wildman–Crippen LogP) is 2.57. The third kappa shape index (κ3) is 3.44. The van der Waals surface area contributed by atoms with E-state index in [0.29, 0.717) is 23.1 Å². The van der Waals surface area contributed by atoms with Gasteiger partial charge in [-0.3, -0.25) is 4.79 Å². The molecule has 0 spiro atoms. The van der Waals surface area contributed by atoms with Crippen molar-refractivity contribution in [2.24, 2.45) is 5.92 Å². The van der Waals surface area contributed by atoms with Crippen molar-refractivity contribution in [2.45, 2.75) is 33.1 Å². The van der Waals surface area contributed by atoms with Crippen molar-refractivity contribution < 1.29 is 4.79 Å². The minimum absolute atomic E-state index is 0.0785. The summed E-state index contributed by atoms with van der Waals surface area (Å²) in [7, 11) is 0. The number of piperidine rings is 1. The number of carbonyl (C=O) groups excluding carboxylic acids is 1. The second-order valence-electron chi connectivity index (χ2n) is 5.22. The van der Waals surface area contributed by atoms with E-state index in [1.165, 1.54) is 6.42 Å². The molecule has 2 rings (SSSR count). The molecule has 1 aliphatic heterocycles. The largest absolute Gasteiger partial charge is 0.338 e. The Morgan fingerprint density at radius 2 is 2.26 bits per heavy atom. The molecule has 4 nitrogen and oxygen atoms in total. The third-order valence-electron chi connectivity index (χ3n) is 3.65. The summed E-state index contributed by atoms with van der Waals surface area (Å²) < 4.78 is 0. The Balaban J connectivity index is 2.12. The van der Waals surface area contributed by atoms with Crippen LogP contribution in [0.1, 0.15) is 41.0 Å². The van der Waals surface area contributed by atoms with E-state index < -0.39 is 0 Å². The lowest BCUT2D eigenvalue weighted by Crippen LogP contribution is -2.40. The van der Waals surface area contributed by atoms with E-state index in [9.17, 15) is 4.79 Å². The van der Waals surface area contributed by atoms with Crippen molar-refractivity contribution in [1.29, 1.82) is 0 Å². The summed E-state index contributed by atoms with van der Waals surface area (Å²) in [5.74, 6) is 1.28. The molecule has 0 aliphatic carbocycles. The van der Waals surface area contributed by atoms with Crippen LogP contribution >= 0.6 is 11.6 Å². The molecular formula is C14H20ClN3O. The van der Waals surface area contributed by atoms with E-state index in [0.717, 1.165) is 31.6 Å². The first-order valence-electron chi connectivity index (χ1n) is 6.78. The van der Waals surface area contributed by atoms with Crippen LogP contribution in [0.4, 0.5) is 0 Å². The molecule has 1 saturated heterocycles. The molecule has 104 valence electrons. The molecule has 0 aromatic carbocycles. The number of likely N-dealkylation sites (tertiary alicyclic amines) is 1. The predicted molar refractivity (Wildman–Crippen MR) is 75.5 cm³/mol. The molecule has 1 aromatic rings. The molecule has 1 fully saturated rings. The van der Waals surface area contributed by atoms with Crippen LogP contribution in [0.25, 0.3) is 0 Å². The van der Waals surface area contributed by atoms with Gasteiger partial charge in [0.05, 0.1) is 17.0 Å². The highest BCUT2D eigenvalue weighted by molar-refractivity contribution is 6.17. The van der Waals surface area contributed by atoms with E-state index in [4.69, 9.17) is 11.6 Å². The van der Waals surface area contributed by atoms with Gasteiger partial charge in [-0.25, -0.2) is 0 Å². The summed E-state index contributed by atoms with van der Waals surface area (Å²) in [5.41, 5.74) is 2.16. The van der Waals surface area contributed by atoms with E-state index >= 15 is 0 Å². The van der Waals surface area contributed by atoms with Crippen LogP contribution < -0.4 is 0 Å². The first-order valence-corrected chi connectivity index (χ1v) is 7.31. The van der Waals surface area contributed by atoms with Crippen molar-refractivity contribution in [1.82, 2.24) is 15.1 Å². The van der Waals surface area contributed by atoms with Gasteiger partial charge in [-0.2, -0.15) is 10.2 Å².